The average molecular weight is 343 g/mol. The zero-order chi connectivity index (χ0) is 17.9. The zero-order valence-electron chi connectivity index (χ0n) is 14.8. The minimum Gasteiger partial charge on any atom is -0.456 e. The maximum Gasteiger partial charge on any atom is 0.255 e. The molecule has 1 heterocycles. The Hall–Kier alpha value is -3.07. The summed E-state index contributed by atoms with van der Waals surface area (Å²) < 4.78 is 5.88. The molecule has 0 aliphatic heterocycles. The first-order valence-electron chi connectivity index (χ1n) is 9.06. The molecule has 0 bridgehead atoms. The van der Waals surface area contributed by atoms with Gasteiger partial charge in [0, 0.05) is 28.1 Å². The molecule has 3 aromatic carbocycles. The number of rotatable bonds is 5. The first-order chi connectivity index (χ1) is 12.7. The second-order valence-electron chi connectivity index (χ2n) is 6.56. The molecule has 3 heteroatoms. The van der Waals surface area contributed by atoms with Gasteiger partial charge in [0.1, 0.15) is 11.2 Å². The Balaban J connectivity index is 1.54. The molecule has 1 amide bonds. The highest BCUT2D eigenvalue weighted by Crippen LogP contribution is 2.30. The number of carbonyl (C=O) groups excluding carboxylic acids is 1. The van der Waals surface area contributed by atoms with E-state index in [2.05, 4.69) is 12.2 Å². The number of anilines is 1. The summed E-state index contributed by atoms with van der Waals surface area (Å²) in [5.74, 6) is -0.109. The second kappa shape index (κ2) is 7.04. The predicted octanol–water partition coefficient (Wildman–Crippen LogP) is 6.18. The number of unbranched alkanes of at least 4 members (excludes halogenated alkanes) is 1. The Labute approximate surface area is 152 Å². The van der Waals surface area contributed by atoms with Crippen LogP contribution in [0, 0.1) is 0 Å². The lowest BCUT2D eigenvalue weighted by Crippen LogP contribution is -2.11. The third-order valence-corrected chi connectivity index (χ3v) is 4.67. The number of amides is 1. The molecule has 4 aromatic rings. The van der Waals surface area contributed by atoms with Gasteiger partial charge in [-0.15, -0.1) is 0 Å². The number of hydrogen-bond acceptors (Lipinski definition) is 2. The van der Waals surface area contributed by atoms with Crippen LogP contribution in [-0.2, 0) is 6.42 Å². The molecule has 130 valence electrons. The van der Waals surface area contributed by atoms with E-state index in [-0.39, 0.29) is 5.91 Å². The average Bonchev–Trinajstić information content (AvgIpc) is 3.04. The molecule has 0 fully saturated rings. The molecule has 1 N–H and O–H groups in total. The van der Waals surface area contributed by atoms with Gasteiger partial charge in [0.05, 0.1) is 0 Å². The van der Waals surface area contributed by atoms with Gasteiger partial charge in [-0.05, 0) is 48.7 Å². The lowest BCUT2D eigenvalue weighted by Gasteiger charge is -2.06. The Morgan fingerprint density at radius 2 is 1.69 bits per heavy atom. The second-order valence-corrected chi connectivity index (χ2v) is 6.56. The van der Waals surface area contributed by atoms with Gasteiger partial charge in [-0.2, -0.15) is 0 Å². The number of carbonyl (C=O) groups is 1. The van der Waals surface area contributed by atoms with E-state index in [1.165, 1.54) is 18.4 Å². The van der Waals surface area contributed by atoms with Crippen LogP contribution < -0.4 is 5.32 Å². The molecule has 0 aliphatic rings. The van der Waals surface area contributed by atoms with Gasteiger partial charge in [0.2, 0.25) is 0 Å². The topological polar surface area (TPSA) is 42.2 Å². The maximum atomic E-state index is 12.5. The van der Waals surface area contributed by atoms with E-state index < -0.39 is 0 Å². The van der Waals surface area contributed by atoms with Crippen molar-refractivity contribution in [1.29, 1.82) is 0 Å². The maximum absolute atomic E-state index is 12.5. The summed E-state index contributed by atoms with van der Waals surface area (Å²) in [6, 6.07) is 21.6. The van der Waals surface area contributed by atoms with E-state index in [9.17, 15) is 4.79 Å². The van der Waals surface area contributed by atoms with Gasteiger partial charge < -0.3 is 9.73 Å². The fourth-order valence-corrected chi connectivity index (χ4v) is 3.21. The van der Waals surface area contributed by atoms with E-state index in [1.54, 1.807) is 0 Å². The summed E-state index contributed by atoms with van der Waals surface area (Å²) in [5, 5.41) is 5.10. The lowest BCUT2D eigenvalue weighted by molar-refractivity contribution is 0.102. The highest BCUT2D eigenvalue weighted by Gasteiger charge is 2.10. The molecular formula is C23H21NO2. The minimum atomic E-state index is -0.109. The summed E-state index contributed by atoms with van der Waals surface area (Å²) in [6.45, 7) is 2.18. The summed E-state index contributed by atoms with van der Waals surface area (Å²) >= 11 is 0. The van der Waals surface area contributed by atoms with E-state index in [4.69, 9.17) is 4.42 Å². The first kappa shape index (κ1) is 16.4. The summed E-state index contributed by atoms with van der Waals surface area (Å²) in [7, 11) is 0. The van der Waals surface area contributed by atoms with Crippen molar-refractivity contribution in [2.45, 2.75) is 26.2 Å². The SMILES string of the molecule is CCCCc1ccc(C(=O)Nc2ccc3c(c2)oc2ccccc23)cc1. The quantitative estimate of drug-likeness (QED) is 0.470. The number of benzene rings is 3. The number of furan rings is 1. The fourth-order valence-electron chi connectivity index (χ4n) is 3.21. The molecule has 0 spiro atoms. The molecular weight excluding hydrogens is 322 g/mol. The molecule has 0 atom stereocenters. The van der Waals surface area contributed by atoms with Gasteiger partial charge in [0.15, 0.2) is 0 Å². The summed E-state index contributed by atoms with van der Waals surface area (Å²) in [6.07, 6.45) is 3.40. The van der Waals surface area contributed by atoms with E-state index in [0.29, 0.717) is 5.56 Å². The number of hydrogen-bond donors (Lipinski definition) is 1. The Kier molecular flexibility index (Phi) is 4.44. The fraction of sp³-hybridized carbons (Fsp3) is 0.174. The Morgan fingerprint density at radius 3 is 2.50 bits per heavy atom. The van der Waals surface area contributed by atoms with Crippen molar-refractivity contribution in [3.8, 4) is 0 Å². The van der Waals surface area contributed by atoms with Crippen molar-refractivity contribution in [3.63, 3.8) is 0 Å². The number of fused-ring (bicyclic) bond motifs is 3. The van der Waals surface area contributed by atoms with Gasteiger partial charge in [-0.3, -0.25) is 4.79 Å². The Morgan fingerprint density at radius 1 is 0.923 bits per heavy atom. The molecule has 4 rings (SSSR count). The molecule has 0 saturated carbocycles. The lowest BCUT2D eigenvalue weighted by atomic mass is 10.1. The minimum absolute atomic E-state index is 0.109. The third kappa shape index (κ3) is 3.21. The molecule has 0 saturated heterocycles. The smallest absolute Gasteiger partial charge is 0.255 e. The molecule has 0 unspecified atom stereocenters. The van der Waals surface area contributed by atoms with Crippen LogP contribution in [0.25, 0.3) is 21.9 Å². The first-order valence-corrected chi connectivity index (χ1v) is 9.06. The van der Waals surface area contributed by atoms with Crippen LogP contribution in [0.3, 0.4) is 0 Å². The number of para-hydroxylation sites is 1. The van der Waals surface area contributed by atoms with Crippen LogP contribution in [-0.4, -0.2) is 5.91 Å². The van der Waals surface area contributed by atoms with Gasteiger partial charge in [0.25, 0.3) is 5.91 Å². The van der Waals surface area contributed by atoms with Crippen molar-refractivity contribution < 1.29 is 9.21 Å². The van der Waals surface area contributed by atoms with Gasteiger partial charge in [-0.1, -0.05) is 43.7 Å². The van der Waals surface area contributed by atoms with Crippen molar-refractivity contribution >= 4 is 33.5 Å². The standard InChI is InChI=1S/C23H21NO2/c1-2-3-6-16-9-11-17(12-10-16)23(25)24-18-13-14-20-19-7-4-5-8-21(19)26-22(20)15-18/h4-5,7-15H,2-3,6H2,1H3,(H,24,25). The summed E-state index contributed by atoms with van der Waals surface area (Å²) in [5.41, 5.74) is 4.30. The molecule has 0 radical (unpaired) electrons. The highest BCUT2D eigenvalue weighted by atomic mass is 16.3. The van der Waals surface area contributed by atoms with Gasteiger partial charge >= 0.3 is 0 Å². The largest absolute Gasteiger partial charge is 0.456 e. The number of nitrogens with one attached hydrogen (secondary N) is 1. The van der Waals surface area contributed by atoms with Crippen molar-refractivity contribution in [2.75, 3.05) is 5.32 Å². The van der Waals surface area contributed by atoms with Crippen LogP contribution in [0.5, 0.6) is 0 Å². The van der Waals surface area contributed by atoms with Crippen LogP contribution in [0.15, 0.2) is 71.1 Å². The van der Waals surface area contributed by atoms with Crippen LogP contribution in [0.4, 0.5) is 5.69 Å². The monoisotopic (exact) mass is 343 g/mol. The van der Waals surface area contributed by atoms with Crippen molar-refractivity contribution in [2.24, 2.45) is 0 Å². The van der Waals surface area contributed by atoms with Gasteiger partial charge in [-0.25, -0.2) is 0 Å². The van der Waals surface area contributed by atoms with Crippen LogP contribution in [0.2, 0.25) is 0 Å². The molecule has 26 heavy (non-hydrogen) atoms. The zero-order valence-corrected chi connectivity index (χ0v) is 14.8. The predicted molar refractivity (Wildman–Crippen MR) is 107 cm³/mol. The van der Waals surface area contributed by atoms with E-state index in [0.717, 1.165) is 34.0 Å². The van der Waals surface area contributed by atoms with Crippen LogP contribution >= 0.6 is 0 Å². The normalized spacial score (nSPS) is 11.1. The van der Waals surface area contributed by atoms with Crippen LogP contribution in [0.1, 0.15) is 35.7 Å². The number of aryl methyl sites for hydroxylation is 1. The third-order valence-electron chi connectivity index (χ3n) is 4.67. The Bertz CT molecular complexity index is 1060. The molecule has 1 aromatic heterocycles. The van der Waals surface area contributed by atoms with Crippen molar-refractivity contribution in [3.05, 3.63) is 77.9 Å². The van der Waals surface area contributed by atoms with E-state index >= 15 is 0 Å². The van der Waals surface area contributed by atoms with Crippen molar-refractivity contribution in [1.82, 2.24) is 0 Å². The summed E-state index contributed by atoms with van der Waals surface area (Å²) in [4.78, 5) is 12.5. The highest BCUT2D eigenvalue weighted by molar-refractivity contribution is 6.08. The molecule has 0 aliphatic carbocycles. The molecule has 3 nitrogen and oxygen atoms in total. The van der Waals surface area contributed by atoms with E-state index in [1.807, 2.05) is 66.7 Å².